The zero-order chi connectivity index (χ0) is 13.7. The Labute approximate surface area is 115 Å². The maximum atomic E-state index is 6.17. The topological polar surface area (TPSA) is 50.5 Å². The molecular formula is C15H25N3O. The minimum atomic E-state index is 0.475. The van der Waals surface area contributed by atoms with Crippen LogP contribution in [0.2, 0.25) is 0 Å². The minimum Gasteiger partial charge on any atom is -0.491 e. The fourth-order valence-electron chi connectivity index (χ4n) is 2.51. The van der Waals surface area contributed by atoms with Crippen LogP contribution < -0.4 is 15.8 Å². The van der Waals surface area contributed by atoms with E-state index >= 15 is 0 Å². The SMILES string of the molecule is CCCOc1cccc(NC2CCCN(C)C2)c1N. The Hall–Kier alpha value is -1.42. The molecule has 1 aliphatic rings. The number of nitrogen functional groups attached to an aromatic ring is 1. The predicted molar refractivity (Wildman–Crippen MR) is 80.8 cm³/mol. The summed E-state index contributed by atoms with van der Waals surface area (Å²) in [6.45, 7) is 5.06. The van der Waals surface area contributed by atoms with Crippen LogP contribution in [0.1, 0.15) is 26.2 Å². The molecule has 2 rings (SSSR count). The average molecular weight is 263 g/mol. The molecule has 19 heavy (non-hydrogen) atoms. The van der Waals surface area contributed by atoms with E-state index in [0.717, 1.165) is 30.1 Å². The van der Waals surface area contributed by atoms with Crippen molar-refractivity contribution in [1.29, 1.82) is 0 Å². The number of benzene rings is 1. The summed E-state index contributed by atoms with van der Waals surface area (Å²) in [6.07, 6.45) is 3.43. The first-order chi connectivity index (χ1) is 9.20. The lowest BCUT2D eigenvalue weighted by Crippen LogP contribution is -2.39. The van der Waals surface area contributed by atoms with Gasteiger partial charge >= 0.3 is 0 Å². The lowest BCUT2D eigenvalue weighted by atomic mass is 10.1. The molecule has 1 saturated heterocycles. The van der Waals surface area contributed by atoms with Gasteiger partial charge in [-0.25, -0.2) is 0 Å². The van der Waals surface area contributed by atoms with Gasteiger partial charge in [0.15, 0.2) is 0 Å². The normalized spacial score (nSPS) is 20.2. The second kappa shape index (κ2) is 6.66. The molecule has 4 nitrogen and oxygen atoms in total. The summed E-state index contributed by atoms with van der Waals surface area (Å²) < 4.78 is 5.66. The van der Waals surface area contributed by atoms with E-state index in [2.05, 4.69) is 24.2 Å². The van der Waals surface area contributed by atoms with E-state index in [1.807, 2.05) is 18.2 Å². The molecule has 0 spiro atoms. The van der Waals surface area contributed by atoms with Crippen LogP contribution in [0, 0.1) is 0 Å². The third kappa shape index (κ3) is 3.77. The number of likely N-dealkylation sites (tertiary alicyclic amines) is 1. The summed E-state index contributed by atoms with van der Waals surface area (Å²) in [6, 6.07) is 6.43. The first-order valence-electron chi connectivity index (χ1n) is 7.17. The molecule has 0 aromatic heterocycles. The monoisotopic (exact) mass is 263 g/mol. The lowest BCUT2D eigenvalue weighted by Gasteiger charge is -2.31. The number of para-hydroxylation sites is 1. The molecular weight excluding hydrogens is 238 g/mol. The van der Waals surface area contributed by atoms with Crippen LogP contribution in [0.15, 0.2) is 18.2 Å². The van der Waals surface area contributed by atoms with Crippen molar-refractivity contribution in [2.75, 3.05) is 37.8 Å². The van der Waals surface area contributed by atoms with Gasteiger partial charge in [0.05, 0.1) is 18.0 Å². The number of hydrogen-bond donors (Lipinski definition) is 2. The van der Waals surface area contributed by atoms with Gasteiger partial charge in [-0.15, -0.1) is 0 Å². The zero-order valence-electron chi connectivity index (χ0n) is 12.0. The molecule has 1 unspecified atom stereocenters. The fraction of sp³-hybridized carbons (Fsp3) is 0.600. The van der Waals surface area contributed by atoms with E-state index in [9.17, 15) is 0 Å². The summed E-state index contributed by atoms with van der Waals surface area (Å²) in [7, 11) is 2.16. The summed E-state index contributed by atoms with van der Waals surface area (Å²) in [5.74, 6) is 0.788. The predicted octanol–water partition coefficient (Wildman–Crippen LogP) is 2.56. The van der Waals surface area contributed by atoms with Crippen LogP contribution in [0.4, 0.5) is 11.4 Å². The van der Waals surface area contributed by atoms with Gasteiger partial charge in [-0.2, -0.15) is 0 Å². The summed E-state index contributed by atoms with van der Waals surface area (Å²) in [5.41, 5.74) is 7.90. The highest BCUT2D eigenvalue weighted by Gasteiger charge is 2.18. The molecule has 1 aromatic carbocycles. The number of anilines is 2. The molecule has 0 saturated carbocycles. The molecule has 1 atom stereocenters. The van der Waals surface area contributed by atoms with E-state index in [-0.39, 0.29) is 0 Å². The Kier molecular flexibility index (Phi) is 4.91. The van der Waals surface area contributed by atoms with Crippen LogP contribution in [0.3, 0.4) is 0 Å². The Bertz CT molecular complexity index is 408. The fourth-order valence-corrected chi connectivity index (χ4v) is 2.51. The van der Waals surface area contributed by atoms with E-state index in [4.69, 9.17) is 10.5 Å². The number of nitrogens with two attached hydrogens (primary N) is 1. The molecule has 1 fully saturated rings. The smallest absolute Gasteiger partial charge is 0.144 e. The van der Waals surface area contributed by atoms with Crippen LogP contribution in [-0.4, -0.2) is 37.7 Å². The van der Waals surface area contributed by atoms with Crippen molar-refractivity contribution in [1.82, 2.24) is 4.90 Å². The van der Waals surface area contributed by atoms with Gasteiger partial charge in [0.25, 0.3) is 0 Å². The van der Waals surface area contributed by atoms with E-state index in [1.165, 1.54) is 19.4 Å². The molecule has 1 aromatic rings. The number of hydrogen-bond acceptors (Lipinski definition) is 4. The van der Waals surface area contributed by atoms with Gasteiger partial charge in [-0.05, 0) is 45.0 Å². The lowest BCUT2D eigenvalue weighted by molar-refractivity contribution is 0.261. The third-order valence-electron chi connectivity index (χ3n) is 3.51. The van der Waals surface area contributed by atoms with Crippen LogP contribution >= 0.6 is 0 Å². The van der Waals surface area contributed by atoms with Gasteiger partial charge in [-0.3, -0.25) is 0 Å². The average Bonchev–Trinajstić information content (AvgIpc) is 2.40. The first-order valence-corrected chi connectivity index (χ1v) is 7.17. The third-order valence-corrected chi connectivity index (χ3v) is 3.51. The van der Waals surface area contributed by atoms with Crippen molar-refractivity contribution >= 4 is 11.4 Å². The van der Waals surface area contributed by atoms with Crippen LogP contribution in [-0.2, 0) is 0 Å². The van der Waals surface area contributed by atoms with E-state index < -0.39 is 0 Å². The van der Waals surface area contributed by atoms with Gasteiger partial charge in [0, 0.05) is 12.6 Å². The highest BCUT2D eigenvalue weighted by atomic mass is 16.5. The molecule has 0 aliphatic carbocycles. The molecule has 1 heterocycles. The Morgan fingerprint density at radius 2 is 2.32 bits per heavy atom. The van der Waals surface area contributed by atoms with Crippen molar-refractivity contribution in [2.24, 2.45) is 0 Å². The molecule has 0 radical (unpaired) electrons. The number of ether oxygens (including phenoxy) is 1. The molecule has 1 aliphatic heterocycles. The second-order valence-electron chi connectivity index (χ2n) is 5.31. The Balaban J connectivity index is 2.03. The van der Waals surface area contributed by atoms with Crippen molar-refractivity contribution in [3.8, 4) is 5.75 Å². The zero-order valence-corrected chi connectivity index (χ0v) is 12.0. The van der Waals surface area contributed by atoms with E-state index in [0.29, 0.717) is 12.6 Å². The second-order valence-corrected chi connectivity index (χ2v) is 5.31. The van der Waals surface area contributed by atoms with Crippen molar-refractivity contribution in [2.45, 2.75) is 32.2 Å². The number of piperidine rings is 1. The maximum absolute atomic E-state index is 6.17. The summed E-state index contributed by atoms with van der Waals surface area (Å²) >= 11 is 0. The van der Waals surface area contributed by atoms with Crippen LogP contribution in [0.5, 0.6) is 5.75 Å². The Morgan fingerprint density at radius 1 is 1.47 bits per heavy atom. The number of nitrogens with zero attached hydrogens (tertiary/aromatic N) is 1. The van der Waals surface area contributed by atoms with Gasteiger partial charge < -0.3 is 20.7 Å². The van der Waals surface area contributed by atoms with E-state index in [1.54, 1.807) is 0 Å². The van der Waals surface area contributed by atoms with Crippen molar-refractivity contribution in [3.63, 3.8) is 0 Å². The first kappa shape index (κ1) is 14.0. The van der Waals surface area contributed by atoms with Crippen LogP contribution in [0.25, 0.3) is 0 Å². The number of likely N-dealkylation sites (N-methyl/N-ethyl adjacent to an activating group) is 1. The summed E-state index contributed by atoms with van der Waals surface area (Å²) in [5, 5.41) is 3.55. The molecule has 0 bridgehead atoms. The molecule has 106 valence electrons. The van der Waals surface area contributed by atoms with Gasteiger partial charge in [0.1, 0.15) is 5.75 Å². The van der Waals surface area contributed by atoms with Gasteiger partial charge in [-0.1, -0.05) is 13.0 Å². The quantitative estimate of drug-likeness (QED) is 0.802. The number of rotatable bonds is 5. The van der Waals surface area contributed by atoms with Crippen molar-refractivity contribution in [3.05, 3.63) is 18.2 Å². The molecule has 4 heteroatoms. The van der Waals surface area contributed by atoms with Crippen molar-refractivity contribution < 1.29 is 4.74 Å². The molecule has 3 N–H and O–H groups in total. The molecule has 0 amide bonds. The highest BCUT2D eigenvalue weighted by molar-refractivity contribution is 5.73. The largest absolute Gasteiger partial charge is 0.491 e. The maximum Gasteiger partial charge on any atom is 0.144 e. The summed E-state index contributed by atoms with van der Waals surface area (Å²) in [4.78, 5) is 2.36. The standard InChI is InChI=1S/C15H25N3O/c1-3-10-19-14-8-4-7-13(15(14)16)17-12-6-5-9-18(2)11-12/h4,7-8,12,17H,3,5-6,9-11,16H2,1-2H3. The highest BCUT2D eigenvalue weighted by Crippen LogP contribution is 2.30. The Morgan fingerprint density at radius 3 is 3.05 bits per heavy atom. The minimum absolute atomic E-state index is 0.475. The van der Waals surface area contributed by atoms with Gasteiger partial charge in [0.2, 0.25) is 0 Å². The number of nitrogens with one attached hydrogen (secondary N) is 1.